The summed E-state index contributed by atoms with van der Waals surface area (Å²) in [5.41, 5.74) is 2.15. The predicted octanol–water partition coefficient (Wildman–Crippen LogP) is 9.35. The molecule has 0 unspecified atom stereocenters. The molecular formula is C28H43ClO2S. The molecule has 2 rings (SSSR count). The van der Waals surface area contributed by atoms with Gasteiger partial charge in [0.05, 0.1) is 4.90 Å². The van der Waals surface area contributed by atoms with E-state index in [-0.39, 0.29) is 0 Å². The summed E-state index contributed by atoms with van der Waals surface area (Å²) in [6, 6.07) is 10.00. The minimum absolute atomic E-state index is 0.362. The topological polar surface area (TPSA) is 34.1 Å². The fourth-order valence-electron chi connectivity index (χ4n) is 4.72. The van der Waals surface area contributed by atoms with Gasteiger partial charge in [0.1, 0.15) is 0 Å². The molecule has 2 aromatic carbocycles. The molecule has 0 saturated heterocycles. The Morgan fingerprint density at radius 3 is 1.75 bits per heavy atom. The van der Waals surface area contributed by atoms with Gasteiger partial charge in [-0.15, -0.1) is 0 Å². The smallest absolute Gasteiger partial charge is 0.207 e. The van der Waals surface area contributed by atoms with E-state index < -0.39 is 9.05 Å². The molecule has 0 radical (unpaired) electrons. The molecule has 0 fully saturated rings. The zero-order chi connectivity index (χ0) is 23.2. The lowest BCUT2D eigenvalue weighted by Crippen LogP contribution is -2.05. The van der Waals surface area contributed by atoms with Crippen molar-refractivity contribution >= 4 is 30.5 Å². The summed E-state index contributed by atoms with van der Waals surface area (Å²) in [5.74, 6) is 0. The Morgan fingerprint density at radius 1 is 0.688 bits per heavy atom. The van der Waals surface area contributed by atoms with Crippen LogP contribution in [0.2, 0.25) is 0 Å². The average Bonchev–Trinajstić information content (AvgIpc) is 2.76. The summed E-state index contributed by atoms with van der Waals surface area (Å²) < 4.78 is 25.3. The first-order valence-electron chi connectivity index (χ1n) is 13.0. The van der Waals surface area contributed by atoms with Gasteiger partial charge in [0.25, 0.3) is 9.05 Å². The van der Waals surface area contributed by atoms with Gasteiger partial charge in [-0.3, -0.25) is 0 Å². The third-order valence-corrected chi connectivity index (χ3v) is 7.94. The molecule has 0 aliphatic carbocycles. The Bertz CT molecular complexity index is 905. The third kappa shape index (κ3) is 9.06. The van der Waals surface area contributed by atoms with Crippen LogP contribution in [0.4, 0.5) is 0 Å². The molecular weight excluding hydrogens is 436 g/mol. The lowest BCUT2D eigenvalue weighted by Gasteiger charge is -2.17. The summed E-state index contributed by atoms with van der Waals surface area (Å²) >= 11 is 0. The van der Waals surface area contributed by atoms with E-state index >= 15 is 0 Å². The molecule has 2 aromatic rings. The van der Waals surface area contributed by atoms with E-state index in [1.165, 1.54) is 76.2 Å². The van der Waals surface area contributed by atoms with Crippen molar-refractivity contribution < 1.29 is 8.42 Å². The van der Waals surface area contributed by atoms with Gasteiger partial charge in [-0.2, -0.15) is 0 Å². The lowest BCUT2D eigenvalue weighted by atomic mass is 9.93. The van der Waals surface area contributed by atoms with Crippen LogP contribution in [0.25, 0.3) is 10.8 Å². The van der Waals surface area contributed by atoms with Crippen molar-refractivity contribution in [3.05, 3.63) is 41.5 Å². The predicted molar refractivity (Wildman–Crippen MR) is 140 cm³/mol. The summed E-state index contributed by atoms with van der Waals surface area (Å²) in [7, 11) is 2.21. The summed E-state index contributed by atoms with van der Waals surface area (Å²) in [4.78, 5) is 0.362. The van der Waals surface area contributed by atoms with E-state index in [1.54, 1.807) is 0 Å². The second-order valence-corrected chi connectivity index (χ2v) is 11.7. The van der Waals surface area contributed by atoms with Gasteiger partial charge in [0.2, 0.25) is 0 Å². The molecule has 0 aromatic heterocycles. The van der Waals surface area contributed by atoms with E-state index in [4.69, 9.17) is 10.7 Å². The maximum atomic E-state index is 12.7. The first kappa shape index (κ1) is 27.2. The maximum Gasteiger partial charge on any atom is 0.262 e. The Morgan fingerprint density at radius 2 is 1.19 bits per heavy atom. The van der Waals surface area contributed by atoms with Gasteiger partial charge >= 0.3 is 0 Å². The number of unbranched alkanes of at least 4 members (excludes halogenated alkanes) is 12. The highest BCUT2D eigenvalue weighted by Gasteiger charge is 2.22. The Hall–Kier alpha value is -1.06. The van der Waals surface area contributed by atoms with Gasteiger partial charge in [-0.1, -0.05) is 121 Å². The normalized spacial score (nSPS) is 12.0. The second kappa shape index (κ2) is 15.0. The zero-order valence-corrected chi connectivity index (χ0v) is 21.9. The van der Waals surface area contributed by atoms with Crippen molar-refractivity contribution in [1.29, 1.82) is 0 Å². The highest BCUT2D eigenvalue weighted by molar-refractivity contribution is 8.14. The van der Waals surface area contributed by atoms with E-state index in [2.05, 4.69) is 19.9 Å². The third-order valence-electron chi connectivity index (χ3n) is 6.52. The van der Waals surface area contributed by atoms with Crippen LogP contribution in [-0.4, -0.2) is 8.42 Å². The molecule has 4 heteroatoms. The minimum atomic E-state index is -3.81. The zero-order valence-electron chi connectivity index (χ0n) is 20.3. The van der Waals surface area contributed by atoms with E-state index in [1.807, 2.05) is 24.3 Å². The van der Waals surface area contributed by atoms with Crippen LogP contribution < -0.4 is 0 Å². The van der Waals surface area contributed by atoms with Crippen molar-refractivity contribution in [2.45, 2.75) is 121 Å². The van der Waals surface area contributed by atoms with Crippen LogP contribution in [-0.2, 0) is 21.9 Å². The molecule has 2 nitrogen and oxygen atoms in total. The number of fused-ring (bicyclic) bond motifs is 1. The lowest BCUT2D eigenvalue weighted by molar-refractivity contribution is 0.580. The quantitative estimate of drug-likeness (QED) is 0.167. The molecule has 0 heterocycles. The first-order valence-corrected chi connectivity index (χ1v) is 15.3. The molecule has 0 aliphatic rings. The average molecular weight is 479 g/mol. The SMILES string of the molecule is CCCCCCCCCc1cc2ccccc2c(S(=O)(=O)Cl)c1CCCCCCCCC. The summed E-state index contributed by atoms with van der Waals surface area (Å²) in [6.45, 7) is 4.48. The standard InChI is InChI=1S/C28H43ClO2S/c1-3-5-7-9-11-13-15-19-24-23-25-20-17-18-22-27(25)28(32(29,30)31)26(24)21-16-14-12-10-8-6-4-2/h17-18,20,22-23H,3-16,19,21H2,1-2H3. The molecule has 0 aliphatic heterocycles. The largest absolute Gasteiger partial charge is 0.262 e. The fourth-order valence-corrected chi connectivity index (χ4v) is 6.22. The van der Waals surface area contributed by atoms with Gasteiger partial charge in [0, 0.05) is 16.1 Å². The summed E-state index contributed by atoms with van der Waals surface area (Å²) in [6.07, 6.45) is 19.1. The summed E-state index contributed by atoms with van der Waals surface area (Å²) in [5, 5.41) is 1.75. The number of rotatable bonds is 17. The molecule has 180 valence electrons. The second-order valence-electron chi connectivity index (χ2n) is 9.24. The molecule has 0 bridgehead atoms. The maximum absolute atomic E-state index is 12.7. The van der Waals surface area contributed by atoms with Gasteiger partial charge in [0.15, 0.2) is 0 Å². The van der Waals surface area contributed by atoms with Gasteiger partial charge < -0.3 is 0 Å². The van der Waals surface area contributed by atoms with Crippen LogP contribution in [0, 0.1) is 0 Å². The highest BCUT2D eigenvalue weighted by Crippen LogP contribution is 2.34. The first-order chi connectivity index (χ1) is 15.5. The van der Waals surface area contributed by atoms with Crippen molar-refractivity contribution in [2.24, 2.45) is 0 Å². The van der Waals surface area contributed by atoms with Crippen LogP contribution >= 0.6 is 10.7 Å². The van der Waals surface area contributed by atoms with Crippen molar-refractivity contribution in [3.63, 3.8) is 0 Å². The molecule has 32 heavy (non-hydrogen) atoms. The number of halogens is 1. The fraction of sp³-hybridized carbons (Fsp3) is 0.643. The molecule has 0 amide bonds. The molecule has 0 atom stereocenters. The van der Waals surface area contributed by atoms with Crippen molar-refractivity contribution in [2.75, 3.05) is 0 Å². The van der Waals surface area contributed by atoms with E-state index in [9.17, 15) is 8.42 Å². The monoisotopic (exact) mass is 478 g/mol. The number of hydrogen-bond donors (Lipinski definition) is 0. The van der Waals surface area contributed by atoms with Gasteiger partial charge in [-0.05, 0) is 42.2 Å². The van der Waals surface area contributed by atoms with E-state index in [0.29, 0.717) is 4.90 Å². The Balaban J connectivity index is 2.15. The van der Waals surface area contributed by atoms with Crippen LogP contribution in [0.1, 0.15) is 115 Å². The highest BCUT2D eigenvalue weighted by atomic mass is 35.7. The number of benzene rings is 2. The molecule has 0 spiro atoms. The number of aryl methyl sites for hydroxylation is 1. The number of hydrogen-bond acceptors (Lipinski definition) is 2. The van der Waals surface area contributed by atoms with Crippen LogP contribution in [0.3, 0.4) is 0 Å². The Kier molecular flexibility index (Phi) is 12.7. The minimum Gasteiger partial charge on any atom is -0.207 e. The van der Waals surface area contributed by atoms with Crippen molar-refractivity contribution in [3.8, 4) is 0 Å². The van der Waals surface area contributed by atoms with Crippen LogP contribution in [0.5, 0.6) is 0 Å². The van der Waals surface area contributed by atoms with Crippen molar-refractivity contribution in [1.82, 2.24) is 0 Å². The van der Waals surface area contributed by atoms with E-state index in [0.717, 1.165) is 48.4 Å². The molecule has 0 N–H and O–H groups in total. The molecule has 0 saturated carbocycles. The van der Waals surface area contributed by atoms with Gasteiger partial charge in [-0.25, -0.2) is 8.42 Å². The van der Waals surface area contributed by atoms with Crippen LogP contribution in [0.15, 0.2) is 35.2 Å². The Labute approximate surface area is 201 Å².